The highest BCUT2D eigenvalue weighted by atomic mass is 33.1. The molecular formula is C3H8S3. The Morgan fingerprint density at radius 2 is 2.33 bits per heavy atom. The van der Waals surface area contributed by atoms with Crippen molar-refractivity contribution in [2.45, 2.75) is 6.92 Å². The van der Waals surface area contributed by atoms with Gasteiger partial charge in [-0.05, 0) is 5.75 Å². The number of rotatable bonds is 3. The largest absolute Gasteiger partial charge is 0.150 e. The molecule has 0 radical (unpaired) electrons. The lowest BCUT2D eigenvalue weighted by atomic mass is 11.0. The Hall–Kier alpha value is 1.05. The van der Waals surface area contributed by atoms with Crippen LogP contribution in [0.2, 0.25) is 0 Å². The molecule has 0 bridgehead atoms. The normalized spacial score (nSPS) is 9.00. The molecule has 0 unspecified atom stereocenters. The second-order valence-corrected chi connectivity index (χ2v) is 3.70. The fraction of sp³-hybridized carbons (Fsp3) is 1.00. The minimum absolute atomic E-state index is 1.11. The summed E-state index contributed by atoms with van der Waals surface area (Å²) < 4.78 is 0. The first-order chi connectivity index (χ1) is 2.91. The lowest BCUT2D eigenvalue weighted by Crippen LogP contribution is -1.63. The molecule has 0 aliphatic rings. The third kappa shape index (κ3) is 5.05. The van der Waals surface area contributed by atoms with Crippen LogP contribution >= 0.6 is 34.2 Å². The average Bonchev–Trinajstić information content (AvgIpc) is 1.61. The molecule has 0 aromatic rings. The first-order valence-corrected chi connectivity index (χ1v) is 4.95. The Labute approximate surface area is 52.3 Å². The smallest absolute Gasteiger partial charge is 0.0493 e. The van der Waals surface area contributed by atoms with Gasteiger partial charge in [-0.3, -0.25) is 0 Å². The van der Waals surface area contributed by atoms with Gasteiger partial charge in [-0.2, -0.15) is 11.8 Å². The van der Waals surface area contributed by atoms with E-state index in [2.05, 4.69) is 18.6 Å². The topological polar surface area (TPSA) is 0 Å². The Morgan fingerprint density at radius 1 is 1.67 bits per heavy atom. The van der Waals surface area contributed by atoms with Crippen molar-refractivity contribution < 1.29 is 0 Å². The zero-order chi connectivity index (χ0) is 4.83. The van der Waals surface area contributed by atoms with Gasteiger partial charge in [0.2, 0.25) is 0 Å². The lowest BCUT2D eigenvalue weighted by molar-refractivity contribution is 1.53. The molecular weight excluding hydrogens is 132 g/mol. The van der Waals surface area contributed by atoms with Crippen LogP contribution in [0.25, 0.3) is 0 Å². The van der Waals surface area contributed by atoms with Crippen LogP contribution in [-0.2, 0) is 0 Å². The Morgan fingerprint density at radius 3 is 2.50 bits per heavy atom. The maximum atomic E-state index is 3.95. The minimum Gasteiger partial charge on any atom is -0.150 e. The standard InChI is InChI=1S/C3H8S3/c1-2-5-3-6-4/h4H,2-3H2,1H3. The van der Waals surface area contributed by atoms with E-state index < -0.39 is 0 Å². The molecule has 6 heavy (non-hydrogen) atoms. The molecule has 0 aromatic carbocycles. The van der Waals surface area contributed by atoms with Crippen molar-refractivity contribution in [3.8, 4) is 0 Å². The predicted molar refractivity (Wildman–Crippen MR) is 39.6 cm³/mol. The summed E-state index contributed by atoms with van der Waals surface area (Å²) in [5, 5.41) is 1.11. The van der Waals surface area contributed by atoms with E-state index in [1.165, 1.54) is 5.75 Å². The molecule has 0 saturated heterocycles. The predicted octanol–water partition coefficient (Wildman–Crippen LogP) is 2.28. The van der Waals surface area contributed by atoms with Gasteiger partial charge in [0, 0.05) is 5.08 Å². The summed E-state index contributed by atoms with van der Waals surface area (Å²) in [5.41, 5.74) is 0. The summed E-state index contributed by atoms with van der Waals surface area (Å²) in [7, 11) is 1.58. The molecule has 0 aliphatic carbocycles. The zero-order valence-corrected chi connectivity index (χ0v) is 6.21. The molecule has 0 saturated carbocycles. The summed E-state index contributed by atoms with van der Waals surface area (Å²) in [6.07, 6.45) is 0. The van der Waals surface area contributed by atoms with E-state index in [0.717, 1.165) is 5.08 Å². The molecule has 0 spiro atoms. The zero-order valence-electron chi connectivity index (χ0n) is 3.68. The molecule has 0 fully saturated rings. The molecule has 0 nitrogen and oxygen atoms in total. The number of hydrogen-bond acceptors (Lipinski definition) is 3. The highest BCUT2D eigenvalue weighted by Crippen LogP contribution is 2.13. The molecule has 38 valence electrons. The Bertz CT molecular complexity index is 18.0. The Kier molecular flexibility index (Phi) is 7.11. The van der Waals surface area contributed by atoms with Gasteiger partial charge in [0.1, 0.15) is 0 Å². The van der Waals surface area contributed by atoms with Crippen LogP contribution in [0.1, 0.15) is 6.92 Å². The van der Waals surface area contributed by atoms with Crippen molar-refractivity contribution in [2.24, 2.45) is 0 Å². The maximum Gasteiger partial charge on any atom is 0.0493 e. The van der Waals surface area contributed by atoms with E-state index in [-0.39, 0.29) is 0 Å². The molecule has 0 heterocycles. The van der Waals surface area contributed by atoms with Gasteiger partial charge in [0.25, 0.3) is 0 Å². The number of thioether (sulfide) groups is 1. The summed E-state index contributed by atoms with van der Waals surface area (Å²) in [5.74, 6) is 1.20. The third-order valence-electron chi connectivity index (χ3n) is 0.340. The average molecular weight is 140 g/mol. The summed E-state index contributed by atoms with van der Waals surface area (Å²) in [6.45, 7) is 2.15. The monoisotopic (exact) mass is 140 g/mol. The van der Waals surface area contributed by atoms with Crippen molar-refractivity contribution >= 4 is 34.2 Å². The van der Waals surface area contributed by atoms with Crippen LogP contribution in [-0.4, -0.2) is 10.8 Å². The number of hydrogen-bond donors (Lipinski definition) is 1. The second kappa shape index (κ2) is 6.05. The molecule has 0 atom stereocenters. The molecule has 0 aliphatic heterocycles. The first-order valence-electron chi connectivity index (χ1n) is 1.76. The van der Waals surface area contributed by atoms with Crippen LogP contribution in [0.5, 0.6) is 0 Å². The van der Waals surface area contributed by atoms with E-state index in [1.807, 2.05) is 11.8 Å². The molecule has 3 heteroatoms. The van der Waals surface area contributed by atoms with E-state index >= 15 is 0 Å². The van der Waals surface area contributed by atoms with Crippen LogP contribution in [0, 0.1) is 0 Å². The maximum absolute atomic E-state index is 3.95. The van der Waals surface area contributed by atoms with Crippen molar-refractivity contribution in [2.75, 3.05) is 10.8 Å². The third-order valence-corrected chi connectivity index (χ3v) is 2.79. The molecule has 0 aromatic heterocycles. The summed E-state index contributed by atoms with van der Waals surface area (Å²) in [4.78, 5) is 0. The van der Waals surface area contributed by atoms with Crippen molar-refractivity contribution in [3.63, 3.8) is 0 Å². The van der Waals surface area contributed by atoms with Crippen LogP contribution in [0.3, 0.4) is 0 Å². The quantitative estimate of drug-likeness (QED) is 0.276. The van der Waals surface area contributed by atoms with Crippen LogP contribution < -0.4 is 0 Å². The van der Waals surface area contributed by atoms with Crippen molar-refractivity contribution in [1.82, 2.24) is 0 Å². The first kappa shape index (κ1) is 7.05. The highest BCUT2D eigenvalue weighted by Gasteiger charge is 1.75. The van der Waals surface area contributed by atoms with Gasteiger partial charge in [-0.1, -0.05) is 17.7 Å². The minimum atomic E-state index is 1.11. The highest BCUT2D eigenvalue weighted by molar-refractivity contribution is 8.70. The van der Waals surface area contributed by atoms with Crippen molar-refractivity contribution in [3.05, 3.63) is 0 Å². The van der Waals surface area contributed by atoms with E-state index in [1.54, 1.807) is 10.8 Å². The second-order valence-electron chi connectivity index (χ2n) is 0.740. The van der Waals surface area contributed by atoms with Crippen LogP contribution in [0.4, 0.5) is 0 Å². The SMILES string of the molecule is CCSCSS. The van der Waals surface area contributed by atoms with Gasteiger partial charge in [-0.15, -0.1) is 11.7 Å². The van der Waals surface area contributed by atoms with Gasteiger partial charge < -0.3 is 0 Å². The lowest BCUT2D eigenvalue weighted by Gasteiger charge is -1.86. The van der Waals surface area contributed by atoms with E-state index in [9.17, 15) is 0 Å². The fourth-order valence-corrected chi connectivity index (χ4v) is 1.76. The molecule has 0 rings (SSSR count). The molecule has 0 N–H and O–H groups in total. The summed E-state index contributed by atoms with van der Waals surface area (Å²) in [6, 6.07) is 0. The van der Waals surface area contributed by atoms with E-state index in [0.29, 0.717) is 0 Å². The number of thiol groups is 1. The van der Waals surface area contributed by atoms with Gasteiger partial charge in [-0.25, -0.2) is 0 Å². The van der Waals surface area contributed by atoms with Crippen LogP contribution in [0.15, 0.2) is 0 Å². The molecule has 0 amide bonds. The van der Waals surface area contributed by atoms with Gasteiger partial charge in [0.05, 0.1) is 0 Å². The van der Waals surface area contributed by atoms with E-state index in [4.69, 9.17) is 0 Å². The Balaban J connectivity index is 2.34. The van der Waals surface area contributed by atoms with Crippen molar-refractivity contribution in [1.29, 1.82) is 0 Å². The fourth-order valence-electron chi connectivity index (χ4n) is 0.121. The summed E-state index contributed by atoms with van der Waals surface area (Å²) >= 11 is 5.85. The van der Waals surface area contributed by atoms with Gasteiger partial charge in [0.15, 0.2) is 0 Å². The van der Waals surface area contributed by atoms with Gasteiger partial charge >= 0.3 is 0 Å².